The van der Waals surface area contributed by atoms with Crippen LogP contribution in [0.4, 0.5) is 0 Å². The molecule has 16 heavy (non-hydrogen) atoms. The van der Waals surface area contributed by atoms with E-state index >= 15 is 0 Å². The molecule has 0 aliphatic heterocycles. The number of carboxylic acid groups (broad SMARTS) is 1. The summed E-state index contributed by atoms with van der Waals surface area (Å²) in [6.45, 7) is 5.82. The lowest BCUT2D eigenvalue weighted by molar-refractivity contribution is -0.138. The quantitative estimate of drug-likeness (QED) is 0.686. The van der Waals surface area contributed by atoms with Gasteiger partial charge in [0.1, 0.15) is 0 Å². The number of hydrogen-bond acceptors (Lipinski definition) is 3. The van der Waals surface area contributed by atoms with Crippen molar-refractivity contribution in [2.75, 3.05) is 13.7 Å². The van der Waals surface area contributed by atoms with Crippen LogP contribution in [0.3, 0.4) is 0 Å². The van der Waals surface area contributed by atoms with Gasteiger partial charge in [-0.15, -0.1) is 0 Å². The molecule has 0 radical (unpaired) electrons. The van der Waals surface area contributed by atoms with Gasteiger partial charge in [0.05, 0.1) is 12.0 Å². The predicted molar refractivity (Wildman–Crippen MR) is 60.1 cm³/mol. The minimum atomic E-state index is -0.848. The number of methoxy groups -OCH3 is 1. The standard InChI is InChI=1S/C11H21NO4/c1-8(5-10(14)15)7-12-9(13)6-11(2,3)16-4/h8H,5-7H2,1-4H3,(H,12,13)(H,14,15). The summed E-state index contributed by atoms with van der Waals surface area (Å²) in [5.41, 5.74) is -0.486. The van der Waals surface area contributed by atoms with Gasteiger partial charge in [-0.2, -0.15) is 0 Å². The molecule has 0 saturated heterocycles. The zero-order valence-corrected chi connectivity index (χ0v) is 10.4. The Hall–Kier alpha value is -1.10. The van der Waals surface area contributed by atoms with Gasteiger partial charge in [-0.25, -0.2) is 0 Å². The average molecular weight is 231 g/mol. The molecule has 0 aliphatic carbocycles. The first-order valence-electron chi connectivity index (χ1n) is 5.30. The summed E-state index contributed by atoms with van der Waals surface area (Å²) in [6.07, 6.45) is 0.331. The Morgan fingerprint density at radius 2 is 2.00 bits per heavy atom. The number of rotatable bonds is 7. The lowest BCUT2D eigenvalue weighted by Crippen LogP contribution is -2.35. The fourth-order valence-electron chi connectivity index (χ4n) is 1.18. The van der Waals surface area contributed by atoms with Crippen molar-refractivity contribution in [2.24, 2.45) is 5.92 Å². The van der Waals surface area contributed by atoms with Gasteiger partial charge in [0.2, 0.25) is 5.91 Å². The van der Waals surface area contributed by atoms with Crippen LogP contribution in [0.2, 0.25) is 0 Å². The number of hydrogen-bond donors (Lipinski definition) is 2. The van der Waals surface area contributed by atoms with E-state index in [0.717, 1.165) is 0 Å². The second-order valence-electron chi connectivity index (χ2n) is 4.65. The van der Waals surface area contributed by atoms with Gasteiger partial charge in [-0.05, 0) is 19.8 Å². The molecule has 0 heterocycles. The van der Waals surface area contributed by atoms with Crippen LogP contribution in [0.25, 0.3) is 0 Å². The van der Waals surface area contributed by atoms with Crippen LogP contribution < -0.4 is 5.32 Å². The van der Waals surface area contributed by atoms with Crippen molar-refractivity contribution in [3.63, 3.8) is 0 Å². The Balaban J connectivity index is 3.86. The van der Waals surface area contributed by atoms with Crippen molar-refractivity contribution in [2.45, 2.75) is 39.2 Å². The maximum Gasteiger partial charge on any atom is 0.303 e. The Labute approximate surface area is 96.2 Å². The van der Waals surface area contributed by atoms with Crippen molar-refractivity contribution in [1.82, 2.24) is 5.32 Å². The van der Waals surface area contributed by atoms with Crippen molar-refractivity contribution >= 4 is 11.9 Å². The molecule has 0 saturated carbocycles. The van der Waals surface area contributed by atoms with Gasteiger partial charge < -0.3 is 15.2 Å². The lowest BCUT2D eigenvalue weighted by atomic mass is 10.0. The first-order valence-corrected chi connectivity index (χ1v) is 5.30. The normalized spacial score (nSPS) is 13.2. The fraction of sp³-hybridized carbons (Fsp3) is 0.818. The second kappa shape index (κ2) is 6.48. The number of carbonyl (C=O) groups is 2. The molecule has 0 spiro atoms. The number of aliphatic carboxylic acids is 1. The number of amides is 1. The molecule has 0 aliphatic rings. The summed E-state index contributed by atoms with van der Waals surface area (Å²) < 4.78 is 5.12. The topological polar surface area (TPSA) is 75.6 Å². The number of nitrogens with one attached hydrogen (secondary N) is 1. The first kappa shape index (κ1) is 14.9. The molecular weight excluding hydrogens is 210 g/mol. The summed E-state index contributed by atoms with van der Waals surface area (Å²) >= 11 is 0. The third-order valence-corrected chi connectivity index (χ3v) is 2.31. The molecule has 5 nitrogen and oxygen atoms in total. The number of carboxylic acids is 1. The summed E-state index contributed by atoms with van der Waals surface area (Å²) in [5.74, 6) is -1.03. The van der Waals surface area contributed by atoms with Crippen molar-refractivity contribution in [3.8, 4) is 0 Å². The van der Waals surface area contributed by atoms with Crippen molar-refractivity contribution < 1.29 is 19.4 Å². The highest BCUT2D eigenvalue weighted by Crippen LogP contribution is 2.12. The molecule has 94 valence electrons. The van der Waals surface area contributed by atoms with E-state index in [9.17, 15) is 9.59 Å². The summed E-state index contributed by atoms with van der Waals surface area (Å²) in [6, 6.07) is 0. The van der Waals surface area contributed by atoms with E-state index in [-0.39, 0.29) is 24.7 Å². The number of ether oxygens (including phenoxy) is 1. The first-order chi connectivity index (χ1) is 7.26. The Morgan fingerprint density at radius 3 is 2.44 bits per heavy atom. The second-order valence-corrected chi connectivity index (χ2v) is 4.65. The van der Waals surface area contributed by atoms with Gasteiger partial charge in [0, 0.05) is 20.1 Å². The Bertz CT molecular complexity index is 250. The molecular formula is C11H21NO4. The monoisotopic (exact) mass is 231 g/mol. The highest BCUT2D eigenvalue weighted by molar-refractivity contribution is 5.77. The molecule has 0 bridgehead atoms. The smallest absolute Gasteiger partial charge is 0.303 e. The van der Waals surface area contributed by atoms with E-state index < -0.39 is 11.6 Å². The van der Waals surface area contributed by atoms with Gasteiger partial charge in [0.25, 0.3) is 0 Å². The van der Waals surface area contributed by atoms with Gasteiger partial charge in [0.15, 0.2) is 0 Å². The van der Waals surface area contributed by atoms with E-state index in [0.29, 0.717) is 6.54 Å². The van der Waals surface area contributed by atoms with Crippen LogP contribution in [-0.2, 0) is 14.3 Å². The van der Waals surface area contributed by atoms with Crippen LogP contribution >= 0.6 is 0 Å². The van der Waals surface area contributed by atoms with Crippen LogP contribution in [0.15, 0.2) is 0 Å². The van der Waals surface area contributed by atoms with E-state index in [1.54, 1.807) is 14.0 Å². The minimum Gasteiger partial charge on any atom is -0.481 e. The molecule has 0 rings (SSSR count). The third kappa shape index (κ3) is 7.23. The number of carbonyl (C=O) groups excluding carboxylic acids is 1. The summed E-state index contributed by atoms with van der Waals surface area (Å²) in [4.78, 5) is 21.9. The Kier molecular flexibility index (Phi) is 6.03. The maximum absolute atomic E-state index is 11.5. The van der Waals surface area contributed by atoms with Gasteiger partial charge >= 0.3 is 5.97 Å². The third-order valence-electron chi connectivity index (χ3n) is 2.31. The van der Waals surface area contributed by atoms with Crippen LogP contribution in [-0.4, -0.2) is 36.2 Å². The largest absolute Gasteiger partial charge is 0.481 e. The zero-order valence-electron chi connectivity index (χ0n) is 10.4. The highest BCUT2D eigenvalue weighted by atomic mass is 16.5. The van der Waals surface area contributed by atoms with E-state index in [2.05, 4.69) is 5.32 Å². The highest BCUT2D eigenvalue weighted by Gasteiger charge is 2.21. The minimum absolute atomic E-state index is 0.0629. The Morgan fingerprint density at radius 1 is 1.44 bits per heavy atom. The molecule has 0 aromatic carbocycles. The molecule has 0 fully saturated rings. The van der Waals surface area contributed by atoms with Crippen LogP contribution in [0.1, 0.15) is 33.6 Å². The van der Waals surface area contributed by atoms with Gasteiger partial charge in [-0.1, -0.05) is 6.92 Å². The molecule has 2 N–H and O–H groups in total. The molecule has 1 amide bonds. The molecule has 5 heteroatoms. The molecule has 0 aromatic rings. The fourth-order valence-corrected chi connectivity index (χ4v) is 1.18. The van der Waals surface area contributed by atoms with Crippen molar-refractivity contribution in [1.29, 1.82) is 0 Å². The van der Waals surface area contributed by atoms with Gasteiger partial charge in [-0.3, -0.25) is 9.59 Å². The average Bonchev–Trinajstić information content (AvgIpc) is 2.13. The van der Waals surface area contributed by atoms with E-state index in [1.807, 2.05) is 13.8 Å². The van der Waals surface area contributed by atoms with E-state index in [1.165, 1.54) is 0 Å². The molecule has 0 aromatic heterocycles. The van der Waals surface area contributed by atoms with Crippen LogP contribution in [0, 0.1) is 5.92 Å². The predicted octanol–water partition coefficient (Wildman–Crippen LogP) is 1.03. The van der Waals surface area contributed by atoms with E-state index in [4.69, 9.17) is 9.84 Å². The SMILES string of the molecule is COC(C)(C)CC(=O)NCC(C)CC(=O)O. The summed E-state index contributed by atoms with van der Waals surface area (Å²) in [5, 5.41) is 11.2. The zero-order chi connectivity index (χ0) is 12.8. The van der Waals surface area contributed by atoms with Crippen LogP contribution in [0.5, 0.6) is 0 Å². The molecule has 1 atom stereocenters. The lowest BCUT2D eigenvalue weighted by Gasteiger charge is -2.22. The van der Waals surface area contributed by atoms with Crippen molar-refractivity contribution in [3.05, 3.63) is 0 Å². The maximum atomic E-state index is 11.5. The summed E-state index contributed by atoms with van der Waals surface area (Å²) in [7, 11) is 1.56. The molecule has 1 unspecified atom stereocenters.